The van der Waals surface area contributed by atoms with E-state index in [0.717, 1.165) is 25.7 Å². The molecule has 0 aliphatic carbocycles. The van der Waals surface area contributed by atoms with Crippen LogP contribution in [0.4, 0.5) is 0 Å². The summed E-state index contributed by atoms with van der Waals surface area (Å²) in [6, 6.07) is 0. The second-order valence-electron chi connectivity index (χ2n) is 7.11. The van der Waals surface area contributed by atoms with Crippen molar-refractivity contribution in [2.45, 2.75) is 78.4 Å². The summed E-state index contributed by atoms with van der Waals surface area (Å²) in [7, 11) is -2.17. The minimum absolute atomic E-state index is 0.702. The minimum Gasteiger partial charge on any atom is -0.402 e. The van der Waals surface area contributed by atoms with E-state index in [1.165, 1.54) is 11.1 Å². The molecule has 0 aromatic carbocycles. The predicted octanol–water partition coefficient (Wildman–Crippen LogP) is 3.29. The van der Waals surface area contributed by atoms with Crippen LogP contribution in [0.2, 0.25) is 0 Å². The highest BCUT2D eigenvalue weighted by molar-refractivity contribution is 6.30. The Hall–Kier alpha value is -1.18. The van der Waals surface area contributed by atoms with Gasteiger partial charge in [0.25, 0.3) is 0 Å². The summed E-state index contributed by atoms with van der Waals surface area (Å²) in [5, 5.41) is 40.5. The second kappa shape index (κ2) is 16.0. The summed E-state index contributed by atoms with van der Waals surface area (Å²) in [4.78, 5) is 0. The van der Waals surface area contributed by atoms with Crippen molar-refractivity contribution in [3.8, 4) is 0 Å². The van der Waals surface area contributed by atoms with Crippen LogP contribution in [0.5, 0.6) is 0 Å². The molecular formula is C20H39BO5. The van der Waals surface area contributed by atoms with Gasteiger partial charge in [-0.2, -0.15) is 0 Å². The normalized spacial score (nSPS) is 14.0. The van der Waals surface area contributed by atoms with Gasteiger partial charge in [0, 0.05) is 0 Å². The number of hydrogen-bond acceptors (Lipinski definition) is 5. The zero-order valence-electron chi connectivity index (χ0n) is 17.4. The second-order valence-corrected chi connectivity index (χ2v) is 7.11. The summed E-state index contributed by atoms with van der Waals surface area (Å²) in [5.74, 6) is 0. The van der Waals surface area contributed by atoms with E-state index in [0.29, 0.717) is 0 Å². The first kappa shape index (κ1) is 29.6. The molecule has 152 valence electrons. The Morgan fingerprint density at radius 3 is 1.15 bits per heavy atom. The fraction of sp³-hybridized carbons (Fsp3) is 0.600. The molecule has 0 bridgehead atoms. The summed E-state index contributed by atoms with van der Waals surface area (Å²) < 4.78 is 0. The maximum atomic E-state index is 9.49. The van der Waals surface area contributed by atoms with Crippen molar-refractivity contribution in [1.29, 1.82) is 0 Å². The van der Waals surface area contributed by atoms with Gasteiger partial charge in [-0.3, -0.25) is 0 Å². The molecule has 0 saturated heterocycles. The molecule has 0 aliphatic heterocycles. The van der Waals surface area contributed by atoms with Gasteiger partial charge in [-0.05, 0) is 67.2 Å². The lowest BCUT2D eigenvalue weighted by atomic mass is 10.00. The molecule has 0 saturated carbocycles. The molecule has 0 fully saturated rings. The monoisotopic (exact) mass is 370 g/mol. The van der Waals surface area contributed by atoms with Gasteiger partial charge in [0.2, 0.25) is 0 Å². The van der Waals surface area contributed by atoms with Crippen LogP contribution in [0.15, 0.2) is 48.6 Å². The highest BCUT2D eigenvalue weighted by Gasteiger charge is 2.13. The molecule has 0 radical (unpaired) electrons. The highest BCUT2D eigenvalue weighted by Crippen LogP contribution is 2.14. The molecule has 0 heterocycles. The minimum atomic E-state index is -2.17. The van der Waals surface area contributed by atoms with Crippen LogP contribution in [0.3, 0.4) is 0 Å². The van der Waals surface area contributed by atoms with Gasteiger partial charge in [0.05, 0.1) is 11.2 Å². The largest absolute Gasteiger partial charge is 0.631 e. The van der Waals surface area contributed by atoms with Crippen LogP contribution in [-0.2, 0) is 0 Å². The zero-order valence-corrected chi connectivity index (χ0v) is 17.4. The van der Waals surface area contributed by atoms with E-state index < -0.39 is 18.5 Å². The van der Waals surface area contributed by atoms with Crippen LogP contribution in [0.1, 0.15) is 67.2 Å². The SMILES string of the molecule is C=CC(C)(O)CCC=C(C)C.C=CC(C)(O)CCC=C(C)C.OB(O)O. The van der Waals surface area contributed by atoms with Crippen molar-refractivity contribution in [2.75, 3.05) is 0 Å². The Balaban J connectivity index is -0.000000338. The Morgan fingerprint density at radius 1 is 0.769 bits per heavy atom. The molecule has 26 heavy (non-hydrogen) atoms. The van der Waals surface area contributed by atoms with E-state index in [1.807, 2.05) is 0 Å². The Bertz CT molecular complexity index is 389. The van der Waals surface area contributed by atoms with Crippen molar-refractivity contribution in [3.63, 3.8) is 0 Å². The van der Waals surface area contributed by atoms with Gasteiger partial charge in [-0.15, -0.1) is 13.2 Å². The Morgan fingerprint density at radius 2 is 1.00 bits per heavy atom. The van der Waals surface area contributed by atoms with Crippen molar-refractivity contribution >= 4 is 7.32 Å². The van der Waals surface area contributed by atoms with Gasteiger partial charge in [-0.1, -0.05) is 35.5 Å². The van der Waals surface area contributed by atoms with E-state index in [-0.39, 0.29) is 0 Å². The summed E-state index contributed by atoms with van der Waals surface area (Å²) in [5.41, 5.74) is 1.19. The van der Waals surface area contributed by atoms with E-state index in [1.54, 1.807) is 26.0 Å². The first-order valence-electron chi connectivity index (χ1n) is 8.72. The van der Waals surface area contributed by atoms with Crippen molar-refractivity contribution < 1.29 is 25.3 Å². The number of allylic oxidation sites excluding steroid dienone is 4. The molecule has 5 nitrogen and oxygen atoms in total. The van der Waals surface area contributed by atoms with Crippen LogP contribution in [0, 0.1) is 0 Å². The van der Waals surface area contributed by atoms with Crippen molar-refractivity contribution in [3.05, 3.63) is 48.6 Å². The molecule has 0 rings (SSSR count). The summed E-state index contributed by atoms with van der Waals surface area (Å²) in [6.07, 6.45) is 10.8. The fourth-order valence-electron chi connectivity index (χ4n) is 1.51. The third kappa shape index (κ3) is 30.7. The number of aliphatic hydroxyl groups is 2. The van der Waals surface area contributed by atoms with Gasteiger partial charge >= 0.3 is 7.32 Å². The number of rotatable bonds is 8. The zero-order chi connectivity index (χ0) is 21.4. The van der Waals surface area contributed by atoms with E-state index in [9.17, 15) is 10.2 Å². The summed E-state index contributed by atoms with van der Waals surface area (Å²) in [6.45, 7) is 18.9. The van der Waals surface area contributed by atoms with Gasteiger partial charge in [0.1, 0.15) is 0 Å². The molecule has 2 atom stereocenters. The average molecular weight is 370 g/mol. The molecule has 2 unspecified atom stereocenters. The van der Waals surface area contributed by atoms with Crippen LogP contribution < -0.4 is 0 Å². The quantitative estimate of drug-likeness (QED) is 0.333. The first-order chi connectivity index (χ1) is 11.7. The Labute approximate surface area is 160 Å². The topological polar surface area (TPSA) is 101 Å². The van der Waals surface area contributed by atoms with Crippen LogP contribution in [-0.4, -0.2) is 43.8 Å². The molecule has 0 aromatic rings. The molecule has 0 spiro atoms. The van der Waals surface area contributed by atoms with Gasteiger partial charge < -0.3 is 25.3 Å². The van der Waals surface area contributed by atoms with E-state index in [2.05, 4.69) is 53.0 Å². The lowest BCUT2D eigenvalue weighted by Gasteiger charge is -2.16. The lowest BCUT2D eigenvalue weighted by Crippen LogP contribution is -2.19. The van der Waals surface area contributed by atoms with Crippen molar-refractivity contribution in [1.82, 2.24) is 0 Å². The summed E-state index contributed by atoms with van der Waals surface area (Å²) >= 11 is 0. The van der Waals surface area contributed by atoms with Crippen molar-refractivity contribution in [2.24, 2.45) is 0 Å². The Kier molecular flexibility index (Phi) is 18.2. The maximum Gasteiger partial charge on any atom is 0.631 e. The third-order valence-electron chi connectivity index (χ3n) is 3.29. The van der Waals surface area contributed by atoms with E-state index in [4.69, 9.17) is 15.1 Å². The lowest BCUT2D eigenvalue weighted by molar-refractivity contribution is 0.103. The first-order valence-corrected chi connectivity index (χ1v) is 8.72. The molecule has 6 heteroatoms. The maximum absolute atomic E-state index is 9.49. The number of hydrogen-bond donors (Lipinski definition) is 5. The highest BCUT2D eigenvalue weighted by atomic mass is 16.5. The average Bonchev–Trinajstić information content (AvgIpc) is 2.46. The molecule has 5 N–H and O–H groups in total. The van der Waals surface area contributed by atoms with Gasteiger partial charge in [0.15, 0.2) is 0 Å². The fourth-order valence-corrected chi connectivity index (χ4v) is 1.51. The molecule has 0 aliphatic rings. The molecule has 0 aromatic heterocycles. The standard InChI is InChI=1S/2C10H18O.BH3O3/c2*1-5-10(4,11)8-6-7-9(2)3;2-1(3)4/h2*5,7,11H,1,6,8H2,2-4H3;2-4H. The van der Waals surface area contributed by atoms with E-state index >= 15 is 0 Å². The molecule has 0 amide bonds. The van der Waals surface area contributed by atoms with Crippen LogP contribution >= 0.6 is 0 Å². The smallest absolute Gasteiger partial charge is 0.402 e. The predicted molar refractivity (Wildman–Crippen MR) is 111 cm³/mol. The van der Waals surface area contributed by atoms with Gasteiger partial charge in [-0.25, -0.2) is 0 Å². The molecular weight excluding hydrogens is 331 g/mol. The van der Waals surface area contributed by atoms with Crippen LogP contribution in [0.25, 0.3) is 0 Å². The third-order valence-corrected chi connectivity index (χ3v) is 3.29.